The fraction of sp³-hybridized carbons (Fsp3) is 0.417. The van der Waals surface area contributed by atoms with E-state index in [1.54, 1.807) is 16.3 Å². The standard InChI is InChI=1S/C12H12BrN3O3S/c13-8-5-7(6-20-8)9(17)16-3-1-12(2-4-16)10(18)14-11(19)15-12/h5-6H,1-4H2,(H2,14,15,18,19). The van der Waals surface area contributed by atoms with Gasteiger partial charge in [0.05, 0.1) is 9.35 Å². The molecule has 3 heterocycles. The Kier molecular flexibility index (Phi) is 3.29. The number of carbonyl (C=O) groups excluding carboxylic acids is 3. The lowest BCUT2D eigenvalue weighted by Gasteiger charge is -2.36. The van der Waals surface area contributed by atoms with Crippen LogP contribution >= 0.6 is 27.3 Å². The second kappa shape index (κ2) is 4.85. The molecule has 0 radical (unpaired) electrons. The van der Waals surface area contributed by atoms with E-state index in [-0.39, 0.29) is 11.8 Å². The van der Waals surface area contributed by atoms with Crippen LogP contribution in [0.1, 0.15) is 23.2 Å². The molecule has 3 rings (SSSR count). The average Bonchev–Trinajstić information content (AvgIpc) is 2.95. The molecule has 2 aliphatic rings. The smallest absolute Gasteiger partial charge is 0.322 e. The van der Waals surface area contributed by atoms with Crippen LogP contribution in [0.2, 0.25) is 0 Å². The number of nitrogens with one attached hydrogen (secondary N) is 2. The Morgan fingerprint density at radius 2 is 2.05 bits per heavy atom. The van der Waals surface area contributed by atoms with E-state index in [0.29, 0.717) is 31.5 Å². The van der Waals surface area contributed by atoms with Crippen molar-refractivity contribution < 1.29 is 14.4 Å². The number of rotatable bonds is 1. The summed E-state index contributed by atoms with van der Waals surface area (Å²) in [4.78, 5) is 37.1. The molecule has 8 heteroatoms. The first kappa shape index (κ1) is 13.6. The van der Waals surface area contributed by atoms with Gasteiger partial charge in [0.15, 0.2) is 0 Å². The highest BCUT2D eigenvalue weighted by Crippen LogP contribution is 2.28. The molecule has 1 spiro atoms. The van der Waals surface area contributed by atoms with Gasteiger partial charge in [0, 0.05) is 18.5 Å². The van der Waals surface area contributed by atoms with Crippen molar-refractivity contribution in [1.29, 1.82) is 0 Å². The highest BCUT2D eigenvalue weighted by atomic mass is 79.9. The molecule has 0 atom stereocenters. The van der Waals surface area contributed by atoms with Crippen molar-refractivity contribution in [3.05, 3.63) is 20.8 Å². The van der Waals surface area contributed by atoms with Gasteiger partial charge in [-0.2, -0.15) is 0 Å². The number of piperidine rings is 1. The molecule has 2 fully saturated rings. The van der Waals surface area contributed by atoms with Crippen LogP contribution in [0, 0.1) is 0 Å². The first-order valence-electron chi connectivity index (χ1n) is 6.17. The second-order valence-electron chi connectivity index (χ2n) is 4.92. The highest BCUT2D eigenvalue weighted by Gasteiger charge is 2.48. The van der Waals surface area contributed by atoms with E-state index in [1.807, 2.05) is 0 Å². The summed E-state index contributed by atoms with van der Waals surface area (Å²) < 4.78 is 0.914. The summed E-state index contributed by atoms with van der Waals surface area (Å²) in [7, 11) is 0. The minimum absolute atomic E-state index is 0.0356. The Balaban J connectivity index is 1.68. The molecular weight excluding hydrogens is 346 g/mol. The highest BCUT2D eigenvalue weighted by molar-refractivity contribution is 9.11. The van der Waals surface area contributed by atoms with E-state index in [9.17, 15) is 14.4 Å². The maximum absolute atomic E-state index is 12.3. The van der Waals surface area contributed by atoms with Gasteiger partial charge in [-0.1, -0.05) is 0 Å². The number of halogens is 1. The van der Waals surface area contributed by atoms with Gasteiger partial charge in [-0.3, -0.25) is 14.9 Å². The normalized spacial score (nSPS) is 20.9. The van der Waals surface area contributed by atoms with Crippen LogP contribution in [-0.2, 0) is 4.79 Å². The summed E-state index contributed by atoms with van der Waals surface area (Å²) in [5.41, 5.74) is -0.180. The van der Waals surface area contributed by atoms with E-state index in [1.165, 1.54) is 11.3 Å². The van der Waals surface area contributed by atoms with Gasteiger partial charge in [-0.25, -0.2) is 4.79 Å². The van der Waals surface area contributed by atoms with Gasteiger partial charge in [-0.05, 0) is 34.8 Å². The Bertz CT molecular complexity index is 593. The molecule has 2 N–H and O–H groups in total. The number of urea groups is 1. The summed E-state index contributed by atoms with van der Waals surface area (Å²) in [6.07, 6.45) is 0.892. The largest absolute Gasteiger partial charge is 0.338 e. The summed E-state index contributed by atoms with van der Waals surface area (Å²) in [6, 6.07) is 1.35. The first-order chi connectivity index (χ1) is 9.50. The summed E-state index contributed by atoms with van der Waals surface area (Å²) in [5.74, 6) is -0.320. The molecule has 1 aromatic rings. The molecule has 0 aliphatic carbocycles. The van der Waals surface area contributed by atoms with Crippen molar-refractivity contribution in [1.82, 2.24) is 15.5 Å². The van der Waals surface area contributed by atoms with Crippen molar-refractivity contribution in [2.24, 2.45) is 0 Å². The van der Waals surface area contributed by atoms with E-state index >= 15 is 0 Å². The summed E-state index contributed by atoms with van der Waals surface area (Å²) in [5, 5.41) is 6.75. The minimum Gasteiger partial charge on any atom is -0.338 e. The quantitative estimate of drug-likeness (QED) is 0.744. The molecule has 2 saturated heterocycles. The van der Waals surface area contributed by atoms with Crippen molar-refractivity contribution in [3.63, 3.8) is 0 Å². The van der Waals surface area contributed by atoms with E-state index in [0.717, 1.165) is 3.79 Å². The third kappa shape index (κ3) is 2.22. The number of likely N-dealkylation sites (tertiary alicyclic amines) is 1. The van der Waals surface area contributed by atoms with E-state index in [4.69, 9.17) is 0 Å². The maximum atomic E-state index is 12.3. The van der Waals surface area contributed by atoms with Gasteiger partial charge >= 0.3 is 6.03 Å². The first-order valence-corrected chi connectivity index (χ1v) is 7.84. The van der Waals surface area contributed by atoms with Gasteiger partial charge < -0.3 is 10.2 Å². The molecule has 106 valence electrons. The fourth-order valence-electron chi connectivity index (χ4n) is 2.58. The maximum Gasteiger partial charge on any atom is 0.322 e. The van der Waals surface area contributed by atoms with E-state index < -0.39 is 11.6 Å². The monoisotopic (exact) mass is 357 g/mol. The summed E-state index contributed by atoms with van der Waals surface area (Å²) >= 11 is 4.80. The van der Waals surface area contributed by atoms with Crippen LogP contribution in [0.15, 0.2) is 15.2 Å². The zero-order valence-corrected chi connectivity index (χ0v) is 12.8. The van der Waals surface area contributed by atoms with Gasteiger partial charge in [0.1, 0.15) is 5.54 Å². The topological polar surface area (TPSA) is 78.5 Å². The zero-order valence-electron chi connectivity index (χ0n) is 10.4. The molecule has 0 bridgehead atoms. The molecular formula is C12H12BrN3O3S. The Morgan fingerprint density at radius 1 is 1.35 bits per heavy atom. The molecule has 0 aromatic carbocycles. The Morgan fingerprint density at radius 3 is 2.55 bits per heavy atom. The molecule has 2 aliphatic heterocycles. The van der Waals surface area contributed by atoms with Crippen LogP contribution in [0.25, 0.3) is 0 Å². The Labute approximate surface area is 127 Å². The van der Waals surface area contributed by atoms with Crippen LogP contribution < -0.4 is 10.6 Å². The van der Waals surface area contributed by atoms with Gasteiger partial charge in [0.25, 0.3) is 11.8 Å². The SMILES string of the molecule is O=C1NC(=O)C2(CCN(C(=O)c3csc(Br)c3)CC2)N1. The number of hydrogen-bond donors (Lipinski definition) is 2. The van der Waals surface area contributed by atoms with Crippen molar-refractivity contribution in [2.75, 3.05) is 13.1 Å². The number of amides is 4. The molecule has 0 saturated carbocycles. The molecule has 4 amide bonds. The number of imide groups is 1. The van der Waals surface area contributed by atoms with Crippen LogP contribution in [0.4, 0.5) is 4.79 Å². The predicted molar refractivity (Wildman–Crippen MR) is 76.6 cm³/mol. The summed E-state index contributed by atoms with van der Waals surface area (Å²) in [6.45, 7) is 0.917. The number of nitrogens with zero attached hydrogens (tertiary/aromatic N) is 1. The van der Waals surface area contributed by atoms with Crippen molar-refractivity contribution >= 4 is 45.1 Å². The third-order valence-electron chi connectivity index (χ3n) is 3.73. The number of thiophene rings is 1. The lowest BCUT2D eigenvalue weighted by atomic mass is 9.87. The Hall–Kier alpha value is -1.41. The fourth-order valence-corrected chi connectivity index (χ4v) is 3.71. The average molecular weight is 358 g/mol. The lowest BCUT2D eigenvalue weighted by molar-refractivity contribution is -0.125. The molecule has 1 aromatic heterocycles. The van der Waals surface area contributed by atoms with E-state index in [2.05, 4.69) is 26.6 Å². The van der Waals surface area contributed by atoms with Crippen LogP contribution in [0.5, 0.6) is 0 Å². The molecule has 0 unspecified atom stereocenters. The van der Waals surface area contributed by atoms with Gasteiger partial charge in [-0.15, -0.1) is 11.3 Å². The van der Waals surface area contributed by atoms with Gasteiger partial charge in [0.2, 0.25) is 0 Å². The zero-order chi connectivity index (χ0) is 14.3. The third-order valence-corrected chi connectivity index (χ3v) is 5.24. The second-order valence-corrected chi connectivity index (χ2v) is 7.21. The number of hydrogen-bond acceptors (Lipinski definition) is 4. The lowest BCUT2D eigenvalue weighted by Crippen LogP contribution is -2.55. The molecule has 20 heavy (non-hydrogen) atoms. The van der Waals surface area contributed by atoms with Crippen LogP contribution in [0.3, 0.4) is 0 Å². The van der Waals surface area contributed by atoms with Crippen molar-refractivity contribution in [2.45, 2.75) is 18.4 Å². The van der Waals surface area contributed by atoms with Crippen LogP contribution in [-0.4, -0.2) is 41.4 Å². The van der Waals surface area contributed by atoms with Crippen molar-refractivity contribution in [3.8, 4) is 0 Å². The number of carbonyl (C=O) groups is 3. The minimum atomic E-state index is -0.830. The molecule has 6 nitrogen and oxygen atoms in total. The predicted octanol–water partition coefficient (Wildman–Crippen LogP) is 1.32.